The van der Waals surface area contributed by atoms with Crippen molar-refractivity contribution in [3.8, 4) is 5.75 Å². The molecule has 7 nitrogen and oxygen atoms in total. The van der Waals surface area contributed by atoms with Gasteiger partial charge in [-0.15, -0.1) is 0 Å². The minimum absolute atomic E-state index is 0.252. The topological polar surface area (TPSA) is 85.2 Å². The fraction of sp³-hybridized carbons (Fsp3) is 0.190. The molecule has 1 atom stereocenters. The Balaban J connectivity index is 1.41. The van der Waals surface area contributed by atoms with Gasteiger partial charge in [0.15, 0.2) is 0 Å². The molecule has 0 bridgehead atoms. The molecule has 0 saturated heterocycles. The van der Waals surface area contributed by atoms with Crippen molar-refractivity contribution in [3.63, 3.8) is 0 Å². The van der Waals surface area contributed by atoms with Gasteiger partial charge in [-0.2, -0.15) is 5.10 Å². The lowest BCUT2D eigenvalue weighted by Crippen LogP contribution is -2.39. The molecule has 0 saturated carbocycles. The second kappa shape index (κ2) is 7.96. The molecule has 2 aromatic carbocycles. The normalized spacial score (nSPS) is 15.2. The Labute approximate surface area is 162 Å². The van der Waals surface area contributed by atoms with Crippen LogP contribution in [0.15, 0.2) is 66.9 Å². The number of hydrogen-bond acceptors (Lipinski definition) is 4. The van der Waals surface area contributed by atoms with E-state index in [1.807, 2.05) is 54.6 Å². The standard InChI is InChI=1S/C21H20N4O3/c26-20(23-17-11-13-28-18-9-5-4-8-16(17)18)21(27)24-19-10-12-22-25(19)14-15-6-2-1-3-7-15/h1-10,12,17H,11,13-14H2,(H,23,26)(H,24,27). The molecule has 3 aromatic rings. The van der Waals surface area contributed by atoms with Crippen LogP contribution in [-0.4, -0.2) is 28.2 Å². The van der Waals surface area contributed by atoms with E-state index in [1.165, 1.54) is 0 Å². The molecule has 0 aliphatic carbocycles. The largest absolute Gasteiger partial charge is 0.493 e. The zero-order valence-corrected chi connectivity index (χ0v) is 15.2. The lowest BCUT2D eigenvalue weighted by Gasteiger charge is -2.26. The Morgan fingerprint density at radius 1 is 1.04 bits per heavy atom. The zero-order chi connectivity index (χ0) is 19.3. The zero-order valence-electron chi connectivity index (χ0n) is 15.2. The summed E-state index contributed by atoms with van der Waals surface area (Å²) in [5, 5.41) is 9.66. The number of ether oxygens (including phenoxy) is 1. The summed E-state index contributed by atoms with van der Waals surface area (Å²) < 4.78 is 7.23. The van der Waals surface area contributed by atoms with Crippen LogP contribution in [0.2, 0.25) is 0 Å². The van der Waals surface area contributed by atoms with Crippen molar-refractivity contribution in [1.82, 2.24) is 15.1 Å². The van der Waals surface area contributed by atoms with E-state index in [0.717, 1.165) is 16.9 Å². The molecule has 2 heterocycles. The molecule has 1 aromatic heterocycles. The van der Waals surface area contributed by atoms with Gasteiger partial charge in [0.1, 0.15) is 11.6 Å². The maximum Gasteiger partial charge on any atom is 0.314 e. The number of anilines is 1. The predicted octanol–water partition coefficient (Wildman–Crippen LogP) is 2.51. The molecular formula is C21H20N4O3. The van der Waals surface area contributed by atoms with Crippen molar-refractivity contribution in [2.24, 2.45) is 0 Å². The fourth-order valence-electron chi connectivity index (χ4n) is 3.21. The van der Waals surface area contributed by atoms with Crippen molar-refractivity contribution in [2.45, 2.75) is 19.0 Å². The molecule has 0 fully saturated rings. The number of aromatic nitrogens is 2. The minimum Gasteiger partial charge on any atom is -0.493 e. The third-order valence-corrected chi connectivity index (χ3v) is 4.60. The van der Waals surface area contributed by atoms with E-state index < -0.39 is 11.8 Å². The lowest BCUT2D eigenvalue weighted by atomic mass is 10.0. The highest BCUT2D eigenvalue weighted by Crippen LogP contribution is 2.31. The SMILES string of the molecule is O=C(Nc1ccnn1Cc1ccccc1)C(=O)NC1CCOc2ccccc21. The highest BCUT2D eigenvalue weighted by atomic mass is 16.5. The molecule has 1 unspecified atom stereocenters. The van der Waals surface area contributed by atoms with E-state index in [9.17, 15) is 9.59 Å². The number of hydrogen-bond donors (Lipinski definition) is 2. The highest BCUT2D eigenvalue weighted by Gasteiger charge is 2.25. The van der Waals surface area contributed by atoms with Crippen LogP contribution in [0.3, 0.4) is 0 Å². The molecule has 4 rings (SSSR count). The number of nitrogens with zero attached hydrogens (tertiary/aromatic N) is 2. The van der Waals surface area contributed by atoms with Crippen LogP contribution in [-0.2, 0) is 16.1 Å². The van der Waals surface area contributed by atoms with E-state index >= 15 is 0 Å². The van der Waals surface area contributed by atoms with Gasteiger partial charge in [-0.1, -0.05) is 48.5 Å². The summed E-state index contributed by atoms with van der Waals surface area (Å²) in [6.07, 6.45) is 2.20. The van der Waals surface area contributed by atoms with Crippen LogP contribution >= 0.6 is 0 Å². The van der Waals surface area contributed by atoms with Gasteiger partial charge in [0.05, 0.1) is 25.4 Å². The summed E-state index contributed by atoms with van der Waals surface area (Å²) in [6.45, 7) is 0.992. The first kappa shape index (κ1) is 17.8. The van der Waals surface area contributed by atoms with Crippen molar-refractivity contribution in [2.75, 3.05) is 11.9 Å². The average Bonchev–Trinajstić information content (AvgIpc) is 3.15. The van der Waals surface area contributed by atoms with E-state index in [-0.39, 0.29) is 6.04 Å². The Hall–Kier alpha value is -3.61. The second-order valence-electron chi connectivity index (χ2n) is 6.51. The molecule has 0 spiro atoms. The van der Waals surface area contributed by atoms with Crippen LogP contribution in [0.25, 0.3) is 0 Å². The van der Waals surface area contributed by atoms with E-state index in [2.05, 4.69) is 15.7 Å². The monoisotopic (exact) mass is 376 g/mol. The summed E-state index contributed by atoms with van der Waals surface area (Å²) >= 11 is 0. The molecule has 1 aliphatic heterocycles. The number of carbonyl (C=O) groups is 2. The quantitative estimate of drug-likeness (QED) is 0.685. The Kier molecular flexibility index (Phi) is 5.05. The maximum absolute atomic E-state index is 12.4. The van der Waals surface area contributed by atoms with Gasteiger partial charge in [0.25, 0.3) is 0 Å². The summed E-state index contributed by atoms with van der Waals surface area (Å²) in [7, 11) is 0. The van der Waals surface area contributed by atoms with Gasteiger partial charge in [-0.05, 0) is 11.6 Å². The van der Waals surface area contributed by atoms with Crippen molar-refractivity contribution in [1.29, 1.82) is 0 Å². The van der Waals surface area contributed by atoms with Crippen LogP contribution in [0.5, 0.6) is 5.75 Å². The second-order valence-corrected chi connectivity index (χ2v) is 6.51. The smallest absolute Gasteiger partial charge is 0.314 e. The Morgan fingerprint density at radius 2 is 1.82 bits per heavy atom. The van der Waals surface area contributed by atoms with E-state index in [4.69, 9.17) is 4.74 Å². The molecule has 28 heavy (non-hydrogen) atoms. The van der Waals surface area contributed by atoms with Crippen LogP contribution in [0.1, 0.15) is 23.6 Å². The number of rotatable bonds is 4. The van der Waals surface area contributed by atoms with Gasteiger partial charge in [0, 0.05) is 18.1 Å². The number of para-hydroxylation sites is 1. The first-order valence-corrected chi connectivity index (χ1v) is 9.10. The molecule has 0 radical (unpaired) electrons. The van der Waals surface area contributed by atoms with Crippen LogP contribution in [0, 0.1) is 0 Å². The number of benzene rings is 2. The Bertz CT molecular complexity index is 984. The molecule has 142 valence electrons. The molecule has 2 amide bonds. The molecular weight excluding hydrogens is 356 g/mol. The summed E-state index contributed by atoms with van der Waals surface area (Å²) in [5.74, 6) is -0.204. The average molecular weight is 376 g/mol. The van der Waals surface area contributed by atoms with Crippen LogP contribution in [0.4, 0.5) is 5.82 Å². The number of fused-ring (bicyclic) bond motifs is 1. The third-order valence-electron chi connectivity index (χ3n) is 4.60. The number of amides is 2. The highest BCUT2D eigenvalue weighted by molar-refractivity contribution is 6.39. The van der Waals surface area contributed by atoms with E-state index in [0.29, 0.717) is 25.4 Å². The lowest BCUT2D eigenvalue weighted by molar-refractivity contribution is -0.136. The predicted molar refractivity (Wildman–Crippen MR) is 104 cm³/mol. The summed E-state index contributed by atoms with van der Waals surface area (Å²) in [6, 6.07) is 18.7. The first-order valence-electron chi connectivity index (χ1n) is 9.10. The fourth-order valence-corrected chi connectivity index (χ4v) is 3.21. The van der Waals surface area contributed by atoms with Crippen molar-refractivity contribution < 1.29 is 14.3 Å². The molecule has 1 aliphatic rings. The maximum atomic E-state index is 12.4. The van der Waals surface area contributed by atoms with Gasteiger partial charge in [-0.3, -0.25) is 9.59 Å². The van der Waals surface area contributed by atoms with Gasteiger partial charge in [0.2, 0.25) is 0 Å². The minimum atomic E-state index is -0.723. The van der Waals surface area contributed by atoms with Crippen LogP contribution < -0.4 is 15.4 Å². The number of nitrogens with one attached hydrogen (secondary N) is 2. The third kappa shape index (κ3) is 3.88. The van der Waals surface area contributed by atoms with Gasteiger partial charge >= 0.3 is 11.8 Å². The van der Waals surface area contributed by atoms with Gasteiger partial charge in [-0.25, -0.2) is 4.68 Å². The van der Waals surface area contributed by atoms with Crippen molar-refractivity contribution >= 4 is 17.6 Å². The summed E-state index contributed by atoms with van der Waals surface area (Å²) in [5.41, 5.74) is 1.92. The molecule has 2 N–H and O–H groups in total. The summed E-state index contributed by atoms with van der Waals surface area (Å²) in [4.78, 5) is 24.8. The first-order chi connectivity index (χ1) is 13.7. The number of carbonyl (C=O) groups excluding carboxylic acids is 2. The Morgan fingerprint density at radius 3 is 2.68 bits per heavy atom. The van der Waals surface area contributed by atoms with E-state index in [1.54, 1.807) is 16.9 Å². The molecule has 7 heteroatoms. The van der Waals surface area contributed by atoms with Gasteiger partial charge < -0.3 is 15.4 Å². The van der Waals surface area contributed by atoms with Crippen molar-refractivity contribution in [3.05, 3.63) is 78.0 Å².